The Morgan fingerprint density at radius 3 is 2.25 bits per heavy atom. The van der Waals surface area contributed by atoms with Crippen molar-refractivity contribution in [1.29, 1.82) is 0 Å². The number of esters is 2. The van der Waals surface area contributed by atoms with Gasteiger partial charge >= 0.3 is 11.9 Å². The lowest BCUT2D eigenvalue weighted by Crippen LogP contribution is -2.35. The minimum absolute atomic E-state index is 0.00764. The van der Waals surface area contributed by atoms with E-state index in [-0.39, 0.29) is 16.8 Å². The topological polar surface area (TPSA) is 72.9 Å². The predicted molar refractivity (Wildman–Crippen MR) is 88.0 cm³/mol. The summed E-state index contributed by atoms with van der Waals surface area (Å²) in [4.78, 5) is 38.9. The molecule has 0 bridgehead atoms. The number of carbonyl (C=O) groups excluding carboxylic acids is 3. The number of hydrogen-bond donors (Lipinski definition) is 0. The van der Waals surface area contributed by atoms with E-state index in [1.165, 1.54) is 14.2 Å². The summed E-state index contributed by atoms with van der Waals surface area (Å²) in [6.45, 7) is 5.79. The Hall–Kier alpha value is -2.11. The lowest BCUT2D eigenvalue weighted by atomic mass is 9.74. The van der Waals surface area contributed by atoms with Crippen molar-refractivity contribution >= 4 is 17.7 Å². The van der Waals surface area contributed by atoms with Gasteiger partial charge in [-0.05, 0) is 24.7 Å². The van der Waals surface area contributed by atoms with E-state index in [9.17, 15) is 14.4 Å². The van der Waals surface area contributed by atoms with Crippen molar-refractivity contribution in [3.05, 3.63) is 22.9 Å². The molecule has 6 nitrogen and oxygen atoms in total. The highest BCUT2D eigenvalue weighted by atomic mass is 16.5. The quantitative estimate of drug-likeness (QED) is 0.578. The minimum Gasteiger partial charge on any atom is -0.466 e. The summed E-state index contributed by atoms with van der Waals surface area (Å²) in [5.74, 6) is -1.50. The Labute approximate surface area is 142 Å². The zero-order valence-electron chi connectivity index (χ0n) is 14.8. The normalized spacial score (nSPS) is 21.1. The molecule has 0 spiro atoms. The molecule has 1 saturated heterocycles. The zero-order chi connectivity index (χ0) is 17.9. The van der Waals surface area contributed by atoms with Crippen molar-refractivity contribution < 1.29 is 23.9 Å². The number of ether oxygens (including phenoxy) is 2. The Bertz CT molecular complexity index is 609. The van der Waals surface area contributed by atoms with Gasteiger partial charge in [0.2, 0.25) is 0 Å². The third-order valence-corrected chi connectivity index (χ3v) is 4.48. The fraction of sp³-hybridized carbons (Fsp3) is 0.611. The highest BCUT2D eigenvalue weighted by molar-refractivity contribution is 6.13. The van der Waals surface area contributed by atoms with Gasteiger partial charge in [-0.25, -0.2) is 9.59 Å². The fourth-order valence-corrected chi connectivity index (χ4v) is 3.37. The van der Waals surface area contributed by atoms with Gasteiger partial charge in [0, 0.05) is 31.3 Å². The molecule has 0 aromatic carbocycles. The average molecular weight is 335 g/mol. The van der Waals surface area contributed by atoms with Crippen LogP contribution in [0.1, 0.15) is 39.5 Å². The molecule has 6 heteroatoms. The Kier molecular flexibility index (Phi) is 5.47. The molecule has 0 unspecified atom stereocenters. The van der Waals surface area contributed by atoms with E-state index in [2.05, 4.69) is 9.64 Å². The summed E-state index contributed by atoms with van der Waals surface area (Å²) < 4.78 is 9.43. The summed E-state index contributed by atoms with van der Waals surface area (Å²) in [5.41, 5.74) is 0.972. The summed E-state index contributed by atoms with van der Waals surface area (Å²) in [6.07, 6.45) is 4.19. The van der Waals surface area contributed by atoms with Crippen molar-refractivity contribution in [3.63, 3.8) is 0 Å². The predicted octanol–water partition coefficient (Wildman–Crippen LogP) is 2.00. The van der Waals surface area contributed by atoms with E-state index in [1.807, 2.05) is 13.8 Å². The Morgan fingerprint density at radius 1 is 1.08 bits per heavy atom. The largest absolute Gasteiger partial charge is 0.466 e. The van der Waals surface area contributed by atoms with Crippen LogP contribution in [0.5, 0.6) is 0 Å². The number of allylic oxidation sites excluding steroid dienone is 1. The molecule has 0 radical (unpaired) electrons. The van der Waals surface area contributed by atoms with Gasteiger partial charge in [-0.15, -0.1) is 0 Å². The Balaban J connectivity index is 2.60. The molecule has 1 fully saturated rings. The molecule has 1 aliphatic carbocycles. The van der Waals surface area contributed by atoms with Crippen LogP contribution in [0.25, 0.3) is 0 Å². The molecule has 0 aromatic heterocycles. The van der Waals surface area contributed by atoms with Crippen molar-refractivity contribution in [2.45, 2.75) is 39.5 Å². The summed E-state index contributed by atoms with van der Waals surface area (Å²) in [5, 5.41) is 0. The molecule has 2 aliphatic rings. The summed E-state index contributed by atoms with van der Waals surface area (Å²) in [7, 11) is 2.47. The summed E-state index contributed by atoms with van der Waals surface area (Å²) in [6, 6.07) is 0. The van der Waals surface area contributed by atoms with E-state index in [4.69, 9.17) is 4.74 Å². The van der Waals surface area contributed by atoms with Gasteiger partial charge < -0.3 is 14.4 Å². The van der Waals surface area contributed by atoms with Gasteiger partial charge in [0.05, 0.1) is 25.4 Å². The third-order valence-electron chi connectivity index (χ3n) is 4.48. The van der Waals surface area contributed by atoms with Crippen molar-refractivity contribution in [2.24, 2.45) is 5.41 Å². The van der Waals surface area contributed by atoms with Crippen LogP contribution in [-0.4, -0.2) is 49.9 Å². The number of methoxy groups -OCH3 is 2. The average Bonchev–Trinajstić information content (AvgIpc) is 3.05. The molecule has 1 aliphatic heterocycles. The van der Waals surface area contributed by atoms with Gasteiger partial charge in [0.25, 0.3) is 0 Å². The molecule has 2 rings (SSSR count). The molecule has 0 saturated carbocycles. The lowest BCUT2D eigenvalue weighted by Gasteiger charge is -2.36. The van der Waals surface area contributed by atoms with Gasteiger partial charge in [0.1, 0.15) is 0 Å². The van der Waals surface area contributed by atoms with Crippen LogP contribution in [0.4, 0.5) is 0 Å². The number of rotatable bonds is 4. The van der Waals surface area contributed by atoms with E-state index in [0.29, 0.717) is 18.4 Å². The van der Waals surface area contributed by atoms with Crippen molar-refractivity contribution in [2.75, 3.05) is 27.3 Å². The SMILES string of the molecule is COC(=O)/C=C(\C(=O)OC)C1=C(N2CCCC2)CC(C)(C)CC1=O. The maximum atomic E-state index is 12.8. The van der Waals surface area contributed by atoms with E-state index in [1.54, 1.807) is 0 Å². The first kappa shape index (κ1) is 18.2. The number of carbonyl (C=O) groups is 3. The van der Waals surface area contributed by atoms with Crippen LogP contribution in [-0.2, 0) is 23.9 Å². The molecule has 24 heavy (non-hydrogen) atoms. The highest BCUT2D eigenvalue weighted by Gasteiger charge is 2.39. The number of ketones is 1. The number of hydrogen-bond acceptors (Lipinski definition) is 6. The van der Waals surface area contributed by atoms with Crippen LogP contribution in [0.2, 0.25) is 0 Å². The van der Waals surface area contributed by atoms with Crippen molar-refractivity contribution in [3.8, 4) is 0 Å². The first-order valence-corrected chi connectivity index (χ1v) is 8.18. The van der Waals surface area contributed by atoms with Gasteiger partial charge in [-0.2, -0.15) is 0 Å². The van der Waals surface area contributed by atoms with Crippen LogP contribution in [0.15, 0.2) is 22.9 Å². The van der Waals surface area contributed by atoms with Crippen LogP contribution < -0.4 is 0 Å². The van der Waals surface area contributed by atoms with Gasteiger partial charge in [-0.3, -0.25) is 4.79 Å². The Morgan fingerprint density at radius 2 is 1.71 bits per heavy atom. The first-order valence-electron chi connectivity index (χ1n) is 8.18. The minimum atomic E-state index is -0.694. The van der Waals surface area contributed by atoms with Crippen LogP contribution in [0.3, 0.4) is 0 Å². The van der Waals surface area contributed by atoms with Gasteiger partial charge in [0.15, 0.2) is 5.78 Å². The number of likely N-dealkylation sites (tertiary alicyclic amines) is 1. The number of Topliss-reactive ketones (excluding diaryl/α,β-unsaturated/α-hetero) is 1. The van der Waals surface area contributed by atoms with E-state index < -0.39 is 11.9 Å². The maximum absolute atomic E-state index is 12.8. The molecule has 0 aromatic rings. The zero-order valence-corrected chi connectivity index (χ0v) is 14.8. The smallest absolute Gasteiger partial charge is 0.338 e. The monoisotopic (exact) mass is 335 g/mol. The fourth-order valence-electron chi connectivity index (χ4n) is 3.37. The second kappa shape index (κ2) is 7.20. The molecule has 1 heterocycles. The molecule has 0 atom stereocenters. The molecule has 0 N–H and O–H groups in total. The van der Waals surface area contributed by atoms with E-state index >= 15 is 0 Å². The lowest BCUT2D eigenvalue weighted by molar-refractivity contribution is -0.138. The van der Waals surface area contributed by atoms with Gasteiger partial charge in [-0.1, -0.05) is 13.8 Å². The summed E-state index contributed by atoms with van der Waals surface area (Å²) >= 11 is 0. The van der Waals surface area contributed by atoms with E-state index in [0.717, 1.165) is 37.7 Å². The highest BCUT2D eigenvalue weighted by Crippen LogP contribution is 2.41. The standard InChI is InChI=1S/C18H25NO5/c1-18(2)10-13(19-7-5-6-8-19)16(14(20)11-18)12(17(22)24-4)9-15(21)23-3/h9H,5-8,10-11H2,1-4H3/b12-9-. The van der Waals surface area contributed by atoms with Crippen molar-refractivity contribution in [1.82, 2.24) is 4.90 Å². The maximum Gasteiger partial charge on any atom is 0.338 e. The molecule has 132 valence electrons. The molecular formula is C18H25NO5. The number of nitrogens with zero attached hydrogens (tertiary/aromatic N) is 1. The second-order valence-corrected chi connectivity index (χ2v) is 7.03. The van der Waals surface area contributed by atoms with Crippen LogP contribution >= 0.6 is 0 Å². The molecule has 0 amide bonds. The second-order valence-electron chi connectivity index (χ2n) is 7.03. The van der Waals surface area contributed by atoms with Crippen LogP contribution in [0, 0.1) is 5.41 Å². The third kappa shape index (κ3) is 3.86. The first-order chi connectivity index (χ1) is 11.3. The molecular weight excluding hydrogens is 310 g/mol.